The summed E-state index contributed by atoms with van der Waals surface area (Å²) in [6.07, 6.45) is 4.19. The quantitative estimate of drug-likeness (QED) is 0.696. The molecule has 2 aliphatic rings. The standard InChI is InChI=1S/C12H15NS/c1-9-3-4-11-10(7-9)13-8-12(14-11)5-2-6-12/h3-4,7,13H,2,5-6,8H2,1H3. The fourth-order valence-electron chi connectivity index (χ4n) is 2.25. The van der Waals surface area contributed by atoms with E-state index in [1.165, 1.54) is 35.4 Å². The maximum Gasteiger partial charge on any atom is 0.0481 e. The lowest BCUT2D eigenvalue weighted by atomic mass is 9.84. The molecule has 0 atom stereocenters. The third kappa shape index (κ3) is 1.24. The Morgan fingerprint density at radius 2 is 2.21 bits per heavy atom. The summed E-state index contributed by atoms with van der Waals surface area (Å²) in [5.41, 5.74) is 2.69. The summed E-state index contributed by atoms with van der Waals surface area (Å²) in [5.74, 6) is 0. The van der Waals surface area contributed by atoms with Crippen molar-refractivity contribution in [2.75, 3.05) is 11.9 Å². The van der Waals surface area contributed by atoms with Gasteiger partial charge >= 0.3 is 0 Å². The van der Waals surface area contributed by atoms with Gasteiger partial charge in [0.25, 0.3) is 0 Å². The van der Waals surface area contributed by atoms with E-state index in [1.807, 2.05) is 0 Å². The highest BCUT2D eigenvalue weighted by Gasteiger charge is 2.40. The zero-order valence-corrected chi connectivity index (χ0v) is 9.29. The van der Waals surface area contributed by atoms with Crippen LogP contribution in [0.4, 0.5) is 5.69 Å². The Hall–Kier alpha value is -0.630. The number of thioether (sulfide) groups is 1. The van der Waals surface area contributed by atoms with Gasteiger partial charge < -0.3 is 5.32 Å². The Labute approximate surface area is 89.3 Å². The van der Waals surface area contributed by atoms with E-state index in [1.54, 1.807) is 0 Å². The van der Waals surface area contributed by atoms with Crippen molar-refractivity contribution in [3.8, 4) is 0 Å². The summed E-state index contributed by atoms with van der Waals surface area (Å²) in [5, 5.41) is 3.58. The van der Waals surface area contributed by atoms with Crippen molar-refractivity contribution in [3.63, 3.8) is 0 Å². The van der Waals surface area contributed by atoms with Gasteiger partial charge in [-0.15, -0.1) is 11.8 Å². The SMILES string of the molecule is Cc1ccc2c(c1)NCC1(CCC1)S2. The number of fused-ring (bicyclic) bond motifs is 1. The Bertz CT molecular complexity index is 369. The summed E-state index contributed by atoms with van der Waals surface area (Å²) in [4.78, 5) is 1.45. The van der Waals surface area contributed by atoms with Crippen molar-refractivity contribution in [2.24, 2.45) is 0 Å². The first-order chi connectivity index (χ1) is 6.77. The molecular weight excluding hydrogens is 190 g/mol. The minimum absolute atomic E-state index is 0.544. The number of hydrogen-bond donors (Lipinski definition) is 1. The first-order valence-electron chi connectivity index (χ1n) is 5.31. The first-order valence-corrected chi connectivity index (χ1v) is 6.13. The third-order valence-electron chi connectivity index (χ3n) is 3.33. The second-order valence-corrected chi connectivity index (χ2v) is 6.00. The molecule has 1 spiro atoms. The summed E-state index contributed by atoms with van der Waals surface area (Å²) in [6, 6.07) is 6.74. The van der Waals surface area contributed by atoms with Crippen molar-refractivity contribution in [1.82, 2.24) is 0 Å². The van der Waals surface area contributed by atoms with E-state index in [0.29, 0.717) is 4.75 Å². The van der Waals surface area contributed by atoms with E-state index >= 15 is 0 Å². The second-order valence-electron chi connectivity index (χ2n) is 4.49. The van der Waals surface area contributed by atoms with Crippen LogP contribution in [0, 0.1) is 6.92 Å². The molecule has 74 valence electrons. The lowest BCUT2D eigenvalue weighted by Crippen LogP contribution is -2.42. The topological polar surface area (TPSA) is 12.0 Å². The Kier molecular flexibility index (Phi) is 1.81. The highest BCUT2D eigenvalue weighted by atomic mass is 32.2. The number of benzene rings is 1. The summed E-state index contributed by atoms with van der Waals surface area (Å²) in [7, 11) is 0. The molecule has 0 unspecified atom stereocenters. The largest absolute Gasteiger partial charge is 0.383 e. The van der Waals surface area contributed by atoms with Crippen LogP contribution in [0.5, 0.6) is 0 Å². The second kappa shape index (κ2) is 2.93. The van der Waals surface area contributed by atoms with Crippen LogP contribution in [0.25, 0.3) is 0 Å². The molecule has 1 heterocycles. The molecule has 0 saturated heterocycles. The molecule has 0 amide bonds. The minimum atomic E-state index is 0.544. The smallest absolute Gasteiger partial charge is 0.0481 e. The first kappa shape index (κ1) is 8.66. The fourth-order valence-corrected chi connectivity index (χ4v) is 3.73. The van der Waals surface area contributed by atoms with E-state index in [4.69, 9.17) is 0 Å². The molecule has 1 aromatic rings. The van der Waals surface area contributed by atoms with Crippen molar-refractivity contribution >= 4 is 17.4 Å². The van der Waals surface area contributed by atoms with Crippen LogP contribution >= 0.6 is 11.8 Å². The molecule has 1 fully saturated rings. The zero-order valence-electron chi connectivity index (χ0n) is 8.47. The van der Waals surface area contributed by atoms with Crippen molar-refractivity contribution < 1.29 is 0 Å². The maximum absolute atomic E-state index is 3.58. The molecule has 1 saturated carbocycles. The highest BCUT2D eigenvalue weighted by Crippen LogP contribution is 2.52. The Balaban J connectivity index is 1.94. The minimum Gasteiger partial charge on any atom is -0.383 e. The predicted molar refractivity (Wildman–Crippen MR) is 62.1 cm³/mol. The summed E-state index contributed by atoms with van der Waals surface area (Å²) < 4.78 is 0.544. The van der Waals surface area contributed by atoms with E-state index in [2.05, 4.69) is 42.2 Å². The van der Waals surface area contributed by atoms with Gasteiger partial charge in [-0.1, -0.05) is 12.5 Å². The molecule has 1 aromatic carbocycles. The van der Waals surface area contributed by atoms with Gasteiger partial charge in [0.15, 0.2) is 0 Å². The highest BCUT2D eigenvalue weighted by molar-refractivity contribution is 8.01. The molecule has 0 bridgehead atoms. The number of anilines is 1. The molecule has 1 aliphatic heterocycles. The van der Waals surface area contributed by atoms with E-state index in [-0.39, 0.29) is 0 Å². The molecule has 3 rings (SSSR count). The lowest BCUT2D eigenvalue weighted by molar-refractivity contribution is 0.376. The predicted octanol–water partition coefficient (Wildman–Crippen LogP) is 3.44. The zero-order chi connectivity index (χ0) is 9.60. The van der Waals surface area contributed by atoms with Crippen LogP contribution in [0.15, 0.2) is 23.1 Å². The van der Waals surface area contributed by atoms with Crippen LogP contribution in [0.2, 0.25) is 0 Å². The summed E-state index contributed by atoms with van der Waals surface area (Å²) in [6.45, 7) is 3.31. The Morgan fingerprint density at radius 1 is 1.36 bits per heavy atom. The van der Waals surface area contributed by atoms with Crippen molar-refractivity contribution in [3.05, 3.63) is 23.8 Å². The lowest BCUT2D eigenvalue weighted by Gasteiger charge is -2.44. The van der Waals surface area contributed by atoms with Crippen LogP contribution in [0.1, 0.15) is 24.8 Å². The van der Waals surface area contributed by atoms with Gasteiger partial charge in [-0.3, -0.25) is 0 Å². The fraction of sp³-hybridized carbons (Fsp3) is 0.500. The number of hydrogen-bond acceptors (Lipinski definition) is 2. The van der Waals surface area contributed by atoms with Gasteiger partial charge in [0.05, 0.1) is 0 Å². The molecule has 2 heteroatoms. The van der Waals surface area contributed by atoms with Gasteiger partial charge in [-0.2, -0.15) is 0 Å². The maximum atomic E-state index is 3.58. The monoisotopic (exact) mass is 205 g/mol. The van der Waals surface area contributed by atoms with Gasteiger partial charge in [0.1, 0.15) is 0 Å². The van der Waals surface area contributed by atoms with Crippen LogP contribution < -0.4 is 5.32 Å². The van der Waals surface area contributed by atoms with Crippen LogP contribution in [0.3, 0.4) is 0 Å². The average Bonchev–Trinajstić information content (AvgIpc) is 2.15. The average molecular weight is 205 g/mol. The molecule has 0 radical (unpaired) electrons. The number of rotatable bonds is 0. The molecule has 1 N–H and O–H groups in total. The van der Waals surface area contributed by atoms with Gasteiger partial charge in [-0.25, -0.2) is 0 Å². The number of nitrogens with one attached hydrogen (secondary N) is 1. The van der Waals surface area contributed by atoms with E-state index < -0.39 is 0 Å². The van der Waals surface area contributed by atoms with E-state index in [9.17, 15) is 0 Å². The molecular formula is C12H15NS. The van der Waals surface area contributed by atoms with Gasteiger partial charge in [-0.05, 0) is 37.5 Å². The van der Waals surface area contributed by atoms with Gasteiger partial charge in [0.2, 0.25) is 0 Å². The molecule has 0 aromatic heterocycles. The van der Waals surface area contributed by atoms with Crippen LogP contribution in [-0.2, 0) is 0 Å². The van der Waals surface area contributed by atoms with Crippen molar-refractivity contribution in [2.45, 2.75) is 35.8 Å². The van der Waals surface area contributed by atoms with Crippen molar-refractivity contribution in [1.29, 1.82) is 0 Å². The molecule has 14 heavy (non-hydrogen) atoms. The van der Waals surface area contributed by atoms with Gasteiger partial charge in [0, 0.05) is 21.9 Å². The Morgan fingerprint density at radius 3 is 2.93 bits per heavy atom. The van der Waals surface area contributed by atoms with Crippen LogP contribution in [-0.4, -0.2) is 11.3 Å². The van der Waals surface area contributed by atoms with E-state index in [0.717, 1.165) is 6.54 Å². The normalized spacial score (nSPS) is 22.4. The molecule has 1 aliphatic carbocycles. The third-order valence-corrected chi connectivity index (χ3v) is 4.89. The number of aryl methyl sites for hydroxylation is 1. The summed E-state index contributed by atoms with van der Waals surface area (Å²) >= 11 is 2.09. The molecule has 1 nitrogen and oxygen atoms in total.